The molecule has 1 aromatic heterocycles. The molecule has 1 aromatic carbocycles. The van der Waals surface area contributed by atoms with Crippen molar-refractivity contribution in [2.75, 3.05) is 26.7 Å². The molecule has 4 rings (SSSR count). The van der Waals surface area contributed by atoms with E-state index in [2.05, 4.69) is 10.00 Å². The lowest BCUT2D eigenvalue weighted by atomic mass is 10.0. The standard InChI is InChI=1S/C19H24N4O2/c1-21-8-15(7-20-21)9-22-11-16-12-23(19(24)18(16)13-22)10-14-3-5-17(25-2)6-4-14/h3-8,16,18H,9-13H2,1-2H3/t16-,18-/m1/s1. The van der Waals surface area contributed by atoms with Gasteiger partial charge in [-0.1, -0.05) is 12.1 Å². The normalized spacial score (nSPS) is 23.3. The second kappa shape index (κ2) is 6.52. The van der Waals surface area contributed by atoms with Crippen LogP contribution in [0.3, 0.4) is 0 Å². The van der Waals surface area contributed by atoms with E-state index in [-0.39, 0.29) is 5.92 Å². The molecule has 0 unspecified atom stereocenters. The number of ether oxygens (including phenoxy) is 1. The van der Waals surface area contributed by atoms with Crippen molar-refractivity contribution in [3.8, 4) is 5.75 Å². The molecule has 132 valence electrons. The highest BCUT2D eigenvalue weighted by atomic mass is 16.5. The van der Waals surface area contributed by atoms with Crippen molar-refractivity contribution in [2.45, 2.75) is 13.1 Å². The molecule has 0 bridgehead atoms. The van der Waals surface area contributed by atoms with Gasteiger partial charge in [0, 0.05) is 57.4 Å². The lowest BCUT2D eigenvalue weighted by molar-refractivity contribution is -0.131. The summed E-state index contributed by atoms with van der Waals surface area (Å²) in [5.41, 5.74) is 2.37. The van der Waals surface area contributed by atoms with Crippen LogP contribution in [0.25, 0.3) is 0 Å². The Labute approximate surface area is 148 Å². The van der Waals surface area contributed by atoms with Crippen LogP contribution < -0.4 is 4.74 Å². The van der Waals surface area contributed by atoms with Crippen molar-refractivity contribution < 1.29 is 9.53 Å². The fraction of sp³-hybridized carbons (Fsp3) is 0.474. The third-order valence-electron chi connectivity index (χ3n) is 5.30. The summed E-state index contributed by atoms with van der Waals surface area (Å²) in [4.78, 5) is 17.2. The number of hydrogen-bond donors (Lipinski definition) is 0. The van der Waals surface area contributed by atoms with Crippen molar-refractivity contribution in [3.05, 3.63) is 47.8 Å². The molecule has 2 aliphatic heterocycles. The molecule has 0 radical (unpaired) electrons. The summed E-state index contributed by atoms with van der Waals surface area (Å²) in [5, 5.41) is 4.22. The van der Waals surface area contributed by atoms with E-state index < -0.39 is 0 Å². The van der Waals surface area contributed by atoms with Crippen molar-refractivity contribution >= 4 is 5.91 Å². The monoisotopic (exact) mass is 340 g/mol. The van der Waals surface area contributed by atoms with E-state index in [0.29, 0.717) is 18.4 Å². The zero-order chi connectivity index (χ0) is 17.4. The minimum atomic E-state index is 0.148. The van der Waals surface area contributed by atoms with Crippen molar-refractivity contribution in [1.82, 2.24) is 19.6 Å². The number of carbonyl (C=O) groups excluding carboxylic acids is 1. The summed E-state index contributed by atoms with van der Waals surface area (Å²) in [6.07, 6.45) is 3.96. The van der Waals surface area contributed by atoms with Gasteiger partial charge in [0.25, 0.3) is 0 Å². The first kappa shape index (κ1) is 16.1. The average Bonchev–Trinajstić information content (AvgIpc) is 3.27. The second-order valence-electron chi connectivity index (χ2n) is 7.15. The first-order chi connectivity index (χ1) is 12.1. The van der Waals surface area contributed by atoms with Gasteiger partial charge in [0.1, 0.15) is 5.75 Å². The topological polar surface area (TPSA) is 50.6 Å². The van der Waals surface area contributed by atoms with Crippen LogP contribution in [0.15, 0.2) is 36.7 Å². The quantitative estimate of drug-likeness (QED) is 0.828. The zero-order valence-electron chi connectivity index (χ0n) is 14.8. The molecule has 0 aliphatic carbocycles. The SMILES string of the molecule is COc1ccc(CN2C[C@H]3CN(Cc4cnn(C)c4)C[C@H]3C2=O)cc1. The molecule has 6 heteroatoms. The Kier molecular flexibility index (Phi) is 4.21. The Balaban J connectivity index is 1.35. The number of likely N-dealkylation sites (tertiary alicyclic amines) is 2. The number of hydrogen-bond acceptors (Lipinski definition) is 4. The number of benzene rings is 1. The molecule has 3 heterocycles. The van der Waals surface area contributed by atoms with Gasteiger partial charge in [-0.05, 0) is 17.7 Å². The van der Waals surface area contributed by atoms with Gasteiger partial charge in [-0.15, -0.1) is 0 Å². The summed E-state index contributed by atoms with van der Waals surface area (Å²) in [7, 11) is 3.60. The first-order valence-electron chi connectivity index (χ1n) is 8.74. The largest absolute Gasteiger partial charge is 0.497 e. The maximum Gasteiger partial charge on any atom is 0.227 e. The Hall–Kier alpha value is -2.34. The van der Waals surface area contributed by atoms with Gasteiger partial charge in [0.05, 0.1) is 19.2 Å². The number of amides is 1. The maximum absolute atomic E-state index is 12.8. The first-order valence-corrected chi connectivity index (χ1v) is 8.74. The molecule has 25 heavy (non-hydrogen) atoms. The number of methoxy groups -OCH3 is 1. The number of fused-ring (bicyclic) bond motifs is 1. The van der Waals surface area contributed by atoms with Crippen molar-refractivity contribution in [1.29, 1.82) is 0 Å². The molecular formula is C19H24N4O2. The van der Waals surface area contributed by atoms with Gasteiger partial charge in [-0.25, -0.2) is 0 Å². The van der Waals surface area contributed by atoms with E-state index in [1.807, 2.05) is 53.3 Å². The molecule has 2 aromatic rings. The van der Waals surface area contributed by atoms with Crippen molar-refractivity contribution in [3.63, 3.8) is 0 Å². The van der Waals surface area contributed by atoms with Crippen LogP contribution >= 0.6 is 0 Å². The highest BCUT2D eigenvalue weighted by Crippen LogP contribution is 2.33. The molecule has 0 N–H and O–H groups in total. The molecule has 6 nitrogen and oxygen atoms in total. The second-order valence-corrected chi connectivity index (χ2v) is 7.15. The fourth-order valence-corrected chi connectivity index (χ4v) is 4.07. The molecule has 2 aliphatic rings. The summed E-state index contributed by atoms with van der Waals surface area (Å²) < 4.78 is 7.02. The third kappa shape index (κ3) is 3.26. The Bertz CT molecular complexity index is 755. The summed E-state index contributed by atoms with van der Waals surface area (Å²) in [6.45, 7) is 4.28. The Morgan fingerprint density at radius 3 is 2.56 bits per heavy atom. The predicted molar refractivity (Wildman–Crippen MR) is 93.9 cm³/mol. The molecular weight excluding hydrogens is 316 g/mol. The van der Waals surface area contributed by atoms with E-state index in [1.54, 1.807) is 7.11 Å². The minimum Gasteiger partial charge on any atom is -0.497 e. The predicted octanol–water partition coefficient (Wildman–Crippen LogP) is 1.52. The number of rotatable bonds is 5. The van der Waals surface area contributed by atoms with Crippen LogP contribution in [-0.4, -0.2) is 52.2 Å². The number of nitrogens with zero attached hydrogens (tertiary/aromatic N) is 4. The van der Waals surface area contributed by atoms with Crippen LogP contribution in [0.4, 0.5) is 0 Å². The molecule has 2 atom stereocenters. The highest BCUT2D eigenvalue weighted by molar-refractivity contribution is 5.82. The van der Waals surface area contributed by atoms with Gasteiger partial charge < -0.3 is 9.64 Å². The van der Waals surface area contributed by atoms with E-state index in [4.69, 9.17) is 4.74 Å². The molecule has 0 spiro atoms. The maximum atomic E-state index is 12.8. The Morgan fingerprint density at radius 2 is 1.92 bits per heavy atom. The van der Waals surface area contributed by atoms with Crippen LogP contribution in [0.5, 0.6) is 5.75 Å². The summed E-state index contributed by atoms with van der Waals surface area (Å²) >= 11 is 0. The van der Waals surface area contributed by atoms with Gasteiger partial charge >= 0.3 is 0 Å². The number of aromatic nitrogens is 2. The number of carbonyl (C=O) groups is 1. The zero-order valence-corrected chi connectivity index (χ0v) is 14.8. The van der Waals surface area contributed by atoms with Crippen LogP contribution in [0.2, 0.25) is 0 Å². The van der Waals surface area contributed by atoms with Gasteiger partial charge in [-0.2, -0.15) is 5.10 Å². The minimum absolute atomic E-state index is 0.148. The van der Waals surface area contributed by atoms with E-state index in [1.165, 1.54) is 5.56 Å². The van der Waals surface area contributed by atoms with Crippen LogP contribution in [0.1, 0.15) is 11.1 Å². The number of aryl methyl sites for hydroxylation is 1. The summed E-state index contributed by atoms with van der Waals surface area (Å²) in [6, 6.07) is 7.97. The van der Waals surface area contributed by atoms with Crippen LogP contribution in [-0.2, 0) is 24.9 Å². The molecule has 2 fully saturated rings. The van der Waals surface area contributed by atoms with Gasteiger partial charge in [-0.3, -0.25) is 14.4 Å². The van der Waals surface area contributed by atoms with E-state index in [9.17, 15) is 4.79 Å². The van der Waals surface area contributed by atoms with Crippen molar-refractivity contribution in [2.24, 2.45) is 18.9 Å². The highest BCUT2D eigenvalue weighted by Gasteiger charge is 2.45. The molecule has 0 saturated carbocycles. The van der Waals surface area contributed by atoms with Crippen LogP contribution in [0, 0.1) is 11.8 Å². The lowest BCUT2D eigenvalue weighted by Crippen LogP contribution is -2.32. The third-order valence-corrected chi connectivity index (χ3v) is 5.30. The fourth-order valence-electron chi connectivity index (χ4n) is 4.07. The van der Waals surface area contributed by atoms with Gasteiger partial charge in [0.15, 0.2) is 0 Å². The molecule has 1 amide bonds. The summed E-state index contributed by atoms with van der Waals surface area (Å²) in [5.74, 6) is 1.74. The molecule has 2 saturated heterocycles. The average molecular weight is 340 g/mol. The Morgan fingerprint density at radius 1 is 1.12 bits per heavy atom. The van der Waals surface area contributed by atoms with E-state index >= 15 is 0 Å². The van der Waals surface area contributed by atoms with Gasteiger partial charge in [0.2, 0.25) is 5.91 Å². The lowest BCUT2D eigenvalue weighted by Gasteiger charge is -2.21. The van der Waals surface area contributed by atoms with E-state index in [0.717, 1.165) is 37.5 Å². The smallest absolute Gasteiger partial charge is 0.227 e.